The van der Waals surface area contributed by atoms with Gasteiger partial charge in [-0.1, -0.05) is 48.5 Å². The van der Waals surface area contributed by atoms with Gasteiger partial charge in [-0.3, -0.25) is 14.4 Å². The Hall–Kier alpha value is -2.84. The van der Waals surface area contributed by atoms with Crippen molar-refractivity contribution in [3.8, 4) is 0 Å². The van der Waals surface area contributed by atoms with E-state index in [1.165, 1.54) is 0 Å². The molecule has 5 rings (SSSR count). The van der Waals surface area contributed by atoms with Crippen molar-refractivity contribution in [3.63, 3.8) is 0 Å². The fraction of sp³-hybridized carbons (Fsp3) is 0.444. The summed E-state index contributed by atoms with van der Waals surface area (Å²) < 4.78 is -0.707. The number of carbonyl (C=O) groups excluding carboxylic acids is 3. The number of nitrogens with zero attached hydrogens (tertiary/aromatic N) is 1. The van der Waals surface area contributed by atoms with Gasteiger partial charge in [0.15, 0.2) is 0 Å². The Labute approximate surface area is 209 Å². The zero-order chi connectivity index (χ0) is 24.9. The molecule has 2 aromatic carbocycles. The largest absolute Gasteiger partial charge is 0.394 e. The molecule has 3 N–H and O–H groups in total. The number of thioether (sulfide) groups is 1. The van der Waals surface area contributed by atoms with E-state index in [4.69, 9.17) is 0 Å². The van der Waals surface area contributed by atoms with Crippen LogP contribution in [0.4, 0.5) is 5.69 Å². The molecule has 2 bridgehead atoms. The number of aryl methyl sites for hydroxylation is 2. The lowest BCUT2D eigenvalue weighted by atomic mass is 9.70. The summed E-state index contributed by atoms with van der Waals surface area (Å²) in [5.41, 5.74) is 3.39. The molecule has 3 aliphatic heterocycles. The molecule has 184 valence electrons. The molecule has 2 unspecified atom stereocenters. The Balaban J connectivity index is 1.61. The third kappa shape index (κ3) is 3.57. The van der Waals surface area contributed by atoms with Crippen molar-refractivity contribution in [2.45, 2.75) is 48.8 Å². The number of likely N-dealkylation sites (tertiary alicyclic amines) is 1. The average molecular weight is 494 g/mol. The Morgan fingerprint density at radius 3 is 2.43 bits per heavy atom. The summed E-state index contributed by atoms with van der Waals surface area (Å²) >= 11 is 1.62. The molecule has 0 saturated carbocycles. The van der Waals surface area contributed by atoms with E-state index in [9.17, 15) is 19.5 Å². The molecule has 35 heavy (non-hydrogen) atoms. The van der Waals surface area contributed by atoms with Crippen LogP contribution in [0.15, 0.2) is 48.5 Å². The molecular formula is C27H31N3O4S. The molecule has 3 heterocycles. The minimum absolute atomic E-state index is 0.00542. The first kappa shape index (κ1) is 23.9. The van der Waals surface area contributed by atoms with Gasteiger partial charge in [-0.05, 0) is 43.4 Å². The first-order valence-corrected chi connectivity index (χ1v) is 13.0. The van der Waals surface area contributed by atoms with Gasteiger partial charge < -0.3 is 20.6 Å². The van der Waals surface area contributed by atoms with Crippen LogP contribution >= 0.6 is 11.8 Å². The predicted octanol–water partition coefficient (Wildman–Crippen LogP) is 2.81. The fourth-order valence-electron chi connectivity index (χ4n) is 6.43. The van der Waals surface area contributed by atoms with E-state index >= 15 is 0 Å². The fourth-order valence-corrected chi connectivity index (χ4v) is 8.63. The summed E-state index contributed by atoms with van der Waals surface area (Å²) in [5.74, 6) is -1.73. The van der Waals surface area contributed by atoms with E-state index < -0.39 is 28.7 Å². The highest BCUT2D eigenvalue weighted by atomic mass is 32.2. The third-order valence-electron chi connectivity index (χ3n) is 7.96. The number of benzene rings is 2. The molecule has 3 aliphatic rings. The van der Waals surface area contributed by atoms with Crippen LogP contribution in [0.5, 0.6) is 0 Å². The van der Waals surface area contributed by atoms with Crippen molar-refractivity contribution in [3.05, 3.63) is 65.2 Å². The second kappa shape index (κ2) is 8.99. The van der Waals surface area contributed by atoms with Crippen molar-refractivity contribution in [2.75, 3.05) is 19.0 Å². The molecule has 0 aromatic heterocycles. The molecule has 3 saturated heterocycles. The highest BCUT2D eigenvalue weighted by Crippen LogP contribution is 2.67. The van der Waals surface area contributed by atoms with Gasteiger partial charge in [0.2, 0.25) is 17.7 Å². The third-order valence-corrected chi connectivity index (χ3v) is 9.91. The van der Waals surface area contributed by atoms with E-state index in [1.807, 2.05) is 62.4 Å². The quantitative estimate of drug-likeness (QED) is 0.575. The first-order chi connectivity index (χ1) is 16.8. The van der Waals surface area contributed by atoms with Crippen LogP contribution in [0.25, 0.3) is 0 Å². The number of aliphatic hydroxyl groups excluding tert-OH is 1. The average Bonchev–Trinajstić information content (AvgIpc) is 3.50. The Morgan fingerprint density at radius 1 is 1.11 bits per heavy atom. The lowest BCUT2D eigenvalue weighted by Gasteiger charge is -2.37. The summed E-state index contributed by atoms with van der Waals surface area (Å²) in [4.78, 5) is 42.7. The van der Waals surface area contributed by atoms with Crippen molar-refractivity contribution < 1.29 is 19.5 Å². The molecule has 3 fully saturated rings. The Kier molecular flexibility index (Phi) is 6.13. The zero-order valence-electron chi connectivity index (χ0n) is 20.2. The SMILES string of the molecule is CNC(=O)[C@@H]1[C@H]2C(=O)N([C@H](CO)c3ccccc3)C(C(=O)Nc3c(C)cccc3C)C23CC[C@H]1S3. The molecule has 2 aromatic rings. The number of hydrogen-bond acceptors (Lipinski definition) is 5. The molecule has 7 nitrogen and oxygen atoms in total. The maximum atomic E-state index is 14.1. The minimum Gasteiger partial charge on any atom is -0.394 e. The smallest absolute Gasteiger partial charge is 0.248 e. The van der Waals surface area contributed by atoms with E-state index in [2.05, 4.69) is 10.6 Å². The van der Waals surface area contributed by atoms with Crippen LogP contribution in [0.2, 0.25) is 0 Å². The number of para-hydroxylation sites is 1. The molecule has 0 radical (unpaired) electrons. The number of rotatable bonds is 6. The van der Waals surface area contributed by atoms with Crippen molar-refractivity contribution in [1.29, 1.82) is 0 Å². The number of hydrogen-bond donors (Lipinski definition) is 3. The summed E-state index contributed by atoms with van der Waals surface area (Å²) in [6.07, 6.45) is 1.46. The lowest BCUT2D eigenvalue weighted by Crippen LogP contribution is -2.52. The molecule has 6 atom stereocenters. The van der Waals surface area contributed by atoms with E-state index in [1.54, 1.807) is 23.7 Å². The number of amides is 3. The van der Waals surface area contributed by atoms with Gasteiger partial charge in [-0.25, -0.2) is 0 Å². The van der Waals surface area contributed by atoms with Gasteiger partial charge in [0, 0.05) is 18.0 Å². The van der Waals surface area contributed by atoms with Crippen LogP contribution in [0, 0.1) is 25.7 Å². The highest BCUT2D eigenvalue weighted by molar-refractivity contribution is 8.02. The van der Waals surface area contributed by atoms with Crippen molar-refractivity contribution in [2.24, 2.45) is 11.8 Å². The summed E-state index contributed by atoms with van der Waals surface area (Å²) in [7, 11) is 1.59. The van der Waals surface area contributed by atoms with Crippen LogP contribution in [-0.4, -0.2) is 57.4 Å². The number of nitrogens with one attached hydrogen (secondary N) is 2. The van der Waals surface area contributed by atoms with Crippen molar-refractivity contribution >= 4 is 35.2 Å². The van der Waals surface area contributed by atoms with E-state index in [0.29, 0.717) is 6.42 Å². The number of carbonyl (C=O) groups is 3. The standard InChI is InChI=1S/C27H31N3O4S/c1-15-8-7-9-16(2)22(15)29-25(33)23-27-13-12-19(35-27)20(24(32)28-3)21(27)26(34)30(23)18(14-31)17-10-5-4-6-11-17/h4-11,18-21,23,31H,12-14H2,1-3H3,(H,28,32)(H,29,33)/t18-,19-,20+,21+,23?,27?/m1/s1. The van der Waals surface area contributed by atoms with Crippen LogP contribution < -0.4 is 10.6 Å². The van der Waals surface area contributed by atoms with Crippen LogP contribution in [0.3, 0.4) is 0 Å². The number of anilines is 1. The Bertz CT molecular complexity index is 1150. The van der Waals surface area contributed by atoms with Gasteiger partial charge in [-0.2, -0.15) is 0 Å². The summed E-state index contributed by atoms with van der Waals surface area (Å²) in [6, 6.07) is 13.7. The van der Waals surface area contributed by atoms with E-state index in [0.717, 1.165) is 28.8 Å². The molecule has 0 aliphatic carbocycles. The number of fused-ring (bicyclic) bond motifs is 1. The van der Waals surface area contributed by atoms with Gasteiger partial charge in [0.05, 0.1) is 29.2 Å². The van der Waals surface area contributed by atoms with Gasteiger partial charge >= 0.3 is 0 Å². The second-order valence-electron chi connectivity index (χ2n) is 9.78. The van der Waals surface area contributed by atoms with Gasteiger partial charge in [-0.15, -0.1) is 11.8 Å². The zero-order valence-corrected chi connectivity index (χ0v) is 21.0. The normalized spacial score (nSPS) is 29.7. The monoisotopic (exact) mass is 493 g/mol. The van der Waals surface area contributed by atoms with Crippen molar-refractivity contribution in [1.82, 2.24) is 10.2 Å². The molecule has 1 spiro atoms. The molecule has 8 heteroatoms. The van der Waals surface area contributed by atoms with Gasteiger partial charge in [0.1, 0.15) is 6.04 Å². The minimum atomic E-state index is -0.805. The predicted molar refractivity (Wildman–Crippen MR) is 136 cm³/mol. The molecular weight excluding hydrogens is 462 g/mol. The topological polar surface area (TPSA) is 98.7 Å². The maximum Gasteiger partial charge on any atom is 0.248 e. The molecule has 3 amide bonds. The van der Waals surface area contributed by atoms with Crippen LogP contribution in [-0.2, 0) is 14.4 Å². The number of aliphatic hydroxyl groups is 1. The van der Waals surface area contributed by atoms with E-state index in [-0.39, 0.29) is 29.6 Å². The van der Waals surface area contributed by atoms with Gasteiger partial charge in [0.25, 0.3) is 0 Å². The maximum absolute atomic E-state index is 14.1. The summed E-state index contributed by atoms with van der Waals surface area (Å²) in [5, 5.41) is 16.3. The highest BCUT2D eigenvalue weighted by Gasteiger charge is 2.74. The van der Waals surface area contributed by atoms with Crippen LogP contribution in [0.1, 0.15) is 35.6 Å². The second-order valence-corrected chi connectivity index (χ2v) is 11.4. The lowest BCUT2D eigenvalue weighted by molar-refractivity contribution is -0.142. The summed E-state index contributed by atoms with van der Waals surface area (Å²) in [6.45, 7) is 3.57. The first-order valence-electron chi connectivity index (χ1n) is 12.1. The Morgan fingerprint density at radius 2 is 1.80 bits per heavy atom.